The molecule has 7 heteroatoms. The van der Waals surface area contributed by atoms with Gasteiger partial charge in [0, 0.05) is 18.3 Å². The van der Waals surface area contributed by atoms with Crippen molar-refractivity contribution in [3.8, 4) is 11.1 Å². The summed E-state index contributed by atoms with van der Waals surface area (Å²) in [7, 11) is 0. The van der Waals surface area contributed by atoms with Gasteiger partial charge in [0.1, 0.15) is 4.88 Å². The zero-order valence-electron chi connectivity index (χ0n) is 12.1. The van der Waals surface area contributed by atoms with Gasteiger partial charge < -0.3 is 5.32 Å². The van der Waals surface area contributed by atoms with Crippen LogP contribution < -0.4 is 5.32 Å². The van der Waals surface area contributed by atoms with Crippen molar-refractivity contribution in [3.63, 3.8) is 0 Å². The number of hydrogen-bond donors (Lipinski definition) is 1. The molecule has 0 unspecified atom stereocenters. The van der Waals surface area contributed by atoms with Crippen LogP contribution in [0.25, 0.3) is 11.1 Å². The van der Waals surface area contributed by atoms with Gasteiger partial charge in [-0.25, -0.2) is 0 Å². The van der Waals surface area contributed by atoms with Crippen molar-refractivity contribution < 1.29 is 4.79 Å². The summed E-state index contributed by atoms with van der Waals surface area (Å²) in [5, 5.41) is 11.0. The molecule has 22 heavy (non-hydrogen) atoms. The third kappa shape index (κ3) is 3.20. The van der Waals surface area contributed by atoms with Gasteiger partial charge in [-0.3, -0.25) is 9.48 Å². The van der Waals surface area contributed by atoms with Crippen molar-refractivity contribution in [1.29, 1.82) is 0 Å². The van der Waals surface area contributed by atoms with E-state index in [1.54, 1.807) is 6.92 Å². The fraction of sp³-hybridized carbons (Fsp3) is 0.200. The lowest BCUT2D eigenvalue weighted by Gasteiger charge is -2.04. The van der Waals surface area contributed by atoms with Crippen molar-refractivity contribution >= 4 is 17.4 Å². The summed E-state index contributed by atoms with van der Waals surface area (Å²) in [5.41, 5.74) is 2.85. The largest absolute Gasteiger partial charge is 0.349 e. The molecule has 0 fully saturated rings. The smallest absolute Gasteiger partial charge is 0.265 e. The number of carbonyl (C=O) groups is 1. The number of benzene rings is 1. The van der Waals surface area contributed by atoms with Crippen LogP contribution in [0, 0.1) is 6.92 Å². The van der Waals surface area contributed by atoms with Gasteiger partial charge in [-0.15, -0.1) is 5.10 Å². The Hall–Kier alpha value is -2.54. The highest BCUT2D eigenvalue weighted by atomic mass is 32.1. The Morgan fingerprint density at radius 3 is 2.82 bits per heavy atom. The molecule has 1 aromatic carbocycles. The molecule has 2 heterocycles. The maximum atomic E-state index is 11.9. The maximum absolute atomic E-state index is 11.9. The standard InChI is InChI=1S/C15H15N5OS/c1-11-14(22-19-18-11)15(21)16-7-8-20-10-13(9-17-20)12-5-3-2-4-6-12/h2-6,9-10H,7-8H2,1H3,(H,16,21). The molecule has 2 aromatic heterocycles. The van der Waals surface area contributed by atoms with Crippen molar-refractivity contribution in [2.75, 3.05) is 6.54 Å². The summed E-state index contributed by atoms with van der Waals surface area (Å²) in [6.07, 6.45) is 3.80. The Morgan fingerprint density at radius 1 is 1.27 bits per heavy atom. The quantitative estimate of drug-likeness (QED) is 0.783. The Balaban J connectivity index is 1.56. The minimum Gasteiger partial charge on any atom is -0.349 e. The lowest BCUT2D eigenvalue weighted by Crippen LogP contribution is -2.27. The van der Waals surface area contributed by atoms with Crippen LogP contribution in [0.1, 0.15) is 15.4 Å². The Labute approximate surface area is 132 Å². The van der Waals surface area contributed by atoms with E-state index in [4.69, 9.17) is 0 Å². The van der Waals surface area contributed by atoms with E-state index in [0.717, 1.165) is 22.7 Å². The molecule has 1 N–H and O–H groups in total. The average molecular weight is 313 g/mol. The van der Waals surface area contributed by atoms with Crippen LogP contribution in [0.5, 0.6) is 0 Å². The summed E-state index contributed by atoms with van der Waals surface area (Å²) in [5.74, 6) is -0.136. The molecule has 112 valence electrons. The van der Waals surface area contributed by atoms with Gasteiger partial charge in [-0.1, -0.05) is 34.8 Å². The zero-order chi connectivity index (χ0) is 15.4. The van der Waals surface area contributed by atoms with Gasteiger partial charge in [0.05, 0.1) is 18.4 Å². The second-order valence-corrected chi connectivity index (χ2v) is 5.56. The van der Waals surface area contributed by atoms with Crippen LogP contribution in [-0.4, -0.2) is 31.8 Å². The van der Waals surface area contributed by atoms with Gasteiger partial charge in [0.25, 0.3) is 5.91 Å². The normalized spacial score (nSPS) is 10.6. The first kappa shape index (κ1) is 14.4. The number of nitrogens with zero attached hydrogens (tertiary/aromatic N) is 4. The molecule has 0 spiro atoms. The van der Waals surface area contributed by atoms with Crippen LogP contribution in [0.15, 0.2) is 42.7 Å². The Morgan fingerprint density at radius 2 is 2.09 bits per heavy atom. The number of aromatic nitrogens is 4. The van der Waals surface area contributed by atoms with E-state index in [2.05, 4.69) is 20.0 Å². The highest BCUT2D eigenvalue weighted by molar-refractivity contribution is 7.07. The van der Waals surface area contributed by atoms with Gasteiger partial charge in [-0.2, -0.15) is 5.10 Å². The average Bonchev–Trinajstić information content (AvgIpc) is 3.17. The van der Waals surface area contributed by atoms with Crippen LogP contribution in [0.2, 0.25) is 0 Å². The maximum Gasteiger partial charge on any atom is 0.265 e. The lowest BCUT2D eigenvalue weighted by molar-refractivity contribution is 0.0955. The van der Waals surface area contributed by atoms with Crippen molar-refractivity contribution in [2.24, 2.45) is 0 Å². The first-order valence-electron chi connectivity index (χ1n) is 6.89. The molecule has 0 aliphatic heterocycles. The topological polar surface area (TPSA) is 72.7 Å². The zero-order valence-corrected chi connectivity index (χ0v) is 12.9. The second kappa shape index (κ2) is 6.48. The van der Waals surface area contributed by atoms with Crippen molar-refractivity contribution in [2.45, 2.75) is 13.5 Å². The Kier molecular flexibility index (Phi) is 4.24. The molecule has 0 aliphatic rings. The molecule has 0 saturated carbocycles. The van der Waals surface area contributed by atoms with Crippen LogP contribution in [0.3, 0.4) is 0 Å². The molecule has 0 bridgehead atoms. The molecule has 0 radical (unpaired) electrons. The SMILES string of the molecule is Cc1nnsc1C(=O)NCCn1cc(-c2ccccc2)cn1. The van der Waals surface area contributed by atoms with Crippen molar-refractivity contribution in [3.05, 3.63) is 53.3 Å². The van der Waals surface area contributed by atoms with Crippen LogP contribution in [0.4, 0.5) is 0 Å². The van der Waals surface area contributed by atoms with E-state index >= 15 is 0 Å². The fourth-order valence-electron chi connectivity index (χ4n) is 2.07. The molecule has 1 amide bonds. The summed E-state index contributed by atoms with van der Waals surface area (Å²) in [6, 6.07) is 10.1. The number of rotatable bonds is 5. The summed E-state index contributed by atoms with van der Waals surface area (Å²) in [4.78, 5) is 12.5. The number of nitrogens with one attached hydrogen (secondary N) is 1. The highest BCUT2D eigenvalue weighted by Gasteiger charge is 2.12. The number of hydrogen-bond acceptors (Lipinski definition) is 5. The Bertz CT molecular complexity index is 765. The number of aryl methyl sites for hydroxylation is 1. The molecule has 3 aromatic rings. The lowest BCUT2D eigenvalue weighted by atomic mass is 10.1. The third-order valence-electron chi connectivity index (χ3n) is 3.22. The number of amides is 1. The molecule has 0 atom stereocenters. The van der Waals surface area contributed by atoms with Gasteiger partial charge >= 0.3 is 0 Å². The van der Waals surface area contributed by atoms with E-state index in [1.807, 2.05) is 47.4 Å². The number of carbonyl (C=O) groups excluding carboxylic acids is 1. The molecule has 0 saturated heterocycles. The summed E-state index contributed by atoms with van der Waals surface area (Å²) >= 11 is 1.11. The minimum absolute atomic E-state index is 0.136. The predicted molar refractivity (Wildman–Crippen MR) is 84.6 cm³/mol. The first-order valence-corrected chi connectivity index (χ1v) is 7.66. The van der Waals surface area contributed by atoms with E-state index in [9.17, 15) is 4.79 Å². The van der Waals surface area contributed by atoms with Gasteiger partial charge in [0.2, 0.25) is 0 Å². The highest BCUT2D eigenvalue weighted by Crippen LogP contribution is 2.17. The monoisotopic (exact) mass is 313 g/mol. The molecule has 6 nitrogen and oxygen atoms in total. The molecule has 3 rings (SSSR count). The van der Waals surface area contributed by atoms with Gasteiger partial charge in [0.15, 0.2) is 0 Å². The van der Waals surface area contributed by atoms with E-state index in [0.29, 0.717) is 23.7 Å². The fourth-order valence-corrected chi connectivity index (χ4v) is 2.64. The molecular weight excluding hydrogens is 298 g/mol. The van der Waals surface area contributed by atoms with E-state index in [-0.39, 0.29) is 5.91 Å². The second-order valence-electron chi connectivity index (χ2n) is 4.80. The van der Waals surface area contributed by atoms with Gasteiger partial charge in [-0.05, 0) is 24.0 Å². The summed E-state index contributed by atoms with van der Waals surface area (Å²) < 4.78 is 5.58. The third-order valence-corrected chi connectivity index (χ3v) is 4.05. The summed E-state index contributed by atoms with van der Waals surface area (Å²) in [6.45, 7) is 2.90. The van der Waals surface area contributed by atoms with Crippen molar-refractivity contribution in [1.82, 2.24) is 24.7 Å². The molecule has 0 aliphatic carbocycles. The minimum atomic E-state index is -0.136. The van der Waals surface area contributed by atoms with Crippen LogP contribution in [-0.2, 0) is 6.54 Å². The van der Waals surface area contributed by atoms with E-state index < -0.39 is 0 Å². The van der Waals surface area contributed by atoms with Crippen LogP contribution >= 0.6 is 11.5 Å². The van der Waals surface area contributed by atoms with E-state index in [1.165, 1.54) is 0 Å². The predicted octanol–water partition coefficient (Wildman–Crippen LogP) is 2.14. The molecular formula is C15H15N5OS. The first-order chi connectivity index (χ1) is 10.7.